The summed E-state index contributed by atoms with van der Waals surface area (Å²) in [5.74, 6) is 0.320. The van der Waals surface area contributed by atoms with E-state index >= 15 is 0 Å². The van der Waals surface area contributed by atoms with E-state index in [0.29, 0.717) is 5.91 Å². The number of hydrogen-bond donors (Lipinski definition) is 1. The van der Waals surface area contributed by atoms with Gasteiger partial charge in [-0.05, 0) is 39.7 Å². The van der Waals surface area contributed by atoms with Crippen molar-refractivity contribution < 1.29 is 4.79 Å². The summed E-state index contributed by atoms with van der Waals surface area (Å²) < 4.78 is 0. The van der Waals surface area contributed by atoms with Crippen molar-refractivity contribution in [2.24, 2.45) is 0 Å². The van der Waals surface area contributed by atoms with Gasteiger partial charge in [-0.1, -0.05) is 6.42 Å². The molecule has 2 fully saturated rings. The van der Waals surface area contributed by atoms with Gasteiger partial charge in [-0.15, -0.1) is 0 Å². The molecule has 0 saturated carbocycles. The molecule has 0 aromatic rings. The van der Waals surface area contributed by atoms with E-state index in [1.807, 2.05) is 4.90 Å². The zero-order valence-electron chi connectivity index (χ0n) is 9.18. The summed E-state index contributed by atoms with van der Waals surface area (Å²) in [6.07, 6.45) is 4.57. The molecule has 0 aliphatic carbocycles. The van der Waals surface area contributed by atoms with Gasteiger partial charge < -0.3 is 10.2 Å². The quantitative estimate of drug-likeness (QED) is 0.682. The summed E-state index contributed by atoms with van der Waals surface area (Å²) in [5, 5.41) is 3.31. The second-order valence-corrected chi connectivity index (χ2v) is 5.05. The third-order valence-corrected chi connectivity index (χ3v) is 3.55. The van der Waals surface area contributed by atoms with Crippen LogP contribution < -0.4 is 5.32 Å². The van der Waals surface area contributed by atoms with Crippen LogP contribution in [0.25, 0.3) is 0 Å². The van der Waals surface area contributed by atoms with Gasteiger partial charge in [0.1, 0.15) is 0 Å². The molecule has 3 heteroatoms. The van der Waals surface area contributed by atoms with Crippen LogP contribution in [-0.2, 0) is 4.79 Å². The molecule has 1 unspecified atom stereocenters. The normalized spacial score (nSPS) is 31.0. The molecule has 0 aromatic heterocycles. The number of likely N-dealkylation sites (tertiary alicyclic amines) is 1. The van der Waals surface area contributed by atoms with Crippen molar-refractivity contribution in [1.29, 1.82) is 0 Å². The molecule has 2 heterocycles. The number of nitrogens with one attached hydrogen (secondary N) is 1. The van der Waals surface area contributed by atoms with Crippen LogP contribution in [0.15, 0.2) is 0 Å². The molecule has 80 valence electrons. The Kier molecular flexibility index (Phi) is 2.52. The van der Waals surface area contributed by atoms with Crippen molar-refractivity contribution >= 4 is 5.91 Å². The summed E-state index contributed by atoms with van der Waals surface area (Å²) in [7, 11) is 0. The molecule has 2 saturated heterocycles. The smallest absolute Gasteiger partial charge is 0.240 e. The van der Waals surface area contributed by atoms with Gasteiger partial charge >= 0.3 is 0 Å². The van der Waals surface area contributed by atoms with Crippen LogP contribution in [0.3, 0.4) is 0 Å². The summed E-state index contributed by atoms with van der Waals surface area (Å²) >= 11 is 0. The maximum atomic E-state index is 12.1. The van der Waals surface area contributed by atoms with Crippen molar-refractivity contribution in [3.63, 3.8) is 0 Å². The predicted octanol–water partition coefficient (Wildman–Crippen LogP) is 1.14. The van der Waals surface area contributed by atoms with Crippen LogP contribution in [0.2, 0.25) is 0 Å². The Balaban J connectivity index is 1.94. The van der Waals surface area contributed by atoms with Crippen LogP contribution >= 0.6 is 0 Å². The van der Waals surface area contributed by atoms with Crippen molar-refractivity contribution in [3.05, 3.63) is 0 Å². The lowest BCUT2D eigenvalue weighted by Gasteiger charge is -2.50. The Morgan fingerprint density at radius 1 is 1.43 bits per heavy atom. The van der Waals surface area contributed by atoms with Crippen molar-refractivity contribution in [3.8, 4) is 0 Å². The highest BCUT2D eigenvalue weighted by molar-refractivity contribution is 5.83. The molecule has 3 nitrogen and oxygen atoms in total. The Hall–Kier alpha value is -0.570. The first kappa shape index (κ1) is 9.97. The van der Waals surface area contributed by atoms with E-state index in [1.165, 1.54) is 12.8 Å². The van der Waals surface area contributed by atoms with E-state index in [1.54, 1.807) is 0 Å². The number of hydrogen-bond acceptors (Lipinski definition) is 2. The number of carbonyl (C=O) groups excluding carboxylic acids is 1. The van der Waals surface area contributed by atoms with Crippen molar-refractivity contribution in [2.45, 2.75) is 51.1 Å². The Labute approximate surface area is 85.8 Å². The third-order valence-electron chi connectivity index (χ3n) is 3.55. The maximum absolute atomic E-state index is 12.1. The molecule has 2 aliphatic heterocycles. The third kappa shape index (κ3) is 1.65. The van der Waals surface area contributed by atoms with Crippen LogP contribution in [0.1, 0.15) is 39.5 Å². The fourth-order valence-electron chi connectivity index (χ4n) is 2.33. The van der Waals surface area contributed by atoms with E-state index in [2.05, 4.69) is 19.2 Å². The van der Waals surface area contributed by atoms with Crippen LogP contribution in [0, 0.1) is 0 Å². The lowest BCUT2D eigenvalue weighted by atomic mass is 9.87. The fourth-order valence-corrected chi connectivity index (χ4v) is 2.33. The van der Waals surface area contributed by atoms with Gasteiger partial charge in [0.25, 0.3) is 0 Å². The Morgan fingerprint density at radius 3 is 2.64 bits per heavy atom. The molecule has 1 N–H and O–H groups in total. The minimum Gasteiger partial charge on any atom is -0.336 e. The summed E-state index contributed by atoms with van der Waals surface area (Å²) in [5.41, 5.74) is 0.107. The average molecular weight is 196 g/mol. The van der Waals surface area contributed by atoms with Gasteiger partial charge in [0.05, 0.1) is 6.04 Å². The number of nitrogens with zero attached hydrogens (tertiary/aromatic N) is 1. The monoisotopic (exact) mass is 196 g/mol. The van der Waals surface area contributed by atoms with E-state index in [-0.39, 0.29) is 11.6 Å². The second-order valence-electron chi connectivity index (χ2n) is 5.05. The van der Waals surface area contributed by atoms with Crippen LogP contribution in [-0.4, -0.2) is 35.5 Å². The number of piperidine rings is 1. The molecule has 0 radical (unpaired) electrons. The number of rotatable bonds is 1. The molecule has 1 amide bonds. The largest absolute Gasteiger partial charge is 0.336 e. The van der Waals surface area contributed by atoms with E-state index in [0.717, 1.165) is 25.9 Å². The topological polar surface area (TPSA) is 32.3 Å². The average Bonchev–Trinajstić information content (AvgIpc) is 2.18. The summed E-state index contributed by atoms with van der Waals surface area (Å²) in [6, 6.07) is 0.100. The SMILES string of the molecule is CC1(C)CCN1C(=O)C1CCCCN1. The van der Waals surface area contributed by atoms with Gasteiger partial charge in [-0.3, -0.25) is 4.79 Å². The molecular formula is C11H20N2O. The number of amides is 1. The van der Waals surface area contributed by atoms with E-state index in [9.17, 15) is 4.79 Å². The summed E-state index contributed by atoms with van der Waals surface area (Å²) in [4.78, 5) is 14.1. The number of carbonyl (C=O) groups is 1. The highest BCUT2D eigenvalue weighted by atomic mass is 16.2. The minimum absolute atomic E-state index is 0.100. The second kappa shape index (κ2) is 3.54. The highest BCUT2D eigenvalue weighted by Crippen LogP contribution is 2.30. The molecule has 0 aromatic carbocycles. The summed E-state index contributed by atoms with van der Waals surface area (Å²) in [6.45, 7) is 6.25. The first-order valence-electron chi connectivity index (χ1n) is 5.66. The van der Waals surface area contributed by atoms with Gasteiger partial charge in [0, 0.05) is 12.1 Å². The highest BCUT2D eigenvalue weighted by Gasteiger charge is 2.41. The minimum atomic E-state index is 0.100. The Morgan fingerprint density at radius 2 is 2.21 bits per heavy atom. The zero-order chi connectivity index (χ0) is 10.2. The van der Waals surface area contributed by atoms with Crippen LogP contribution in [0.4, 0.5) is 0 Å². The predicted molar refractivity (Wildman–Crippen MR) is 56.1 cm³/mol. The molecule has 0 spiro atoms. The molecule has 14 heavy (non-hydrogen) atoms. The van der Waals surface area contributed by atoms with Crippen molar-refractivity contribution in [1.82, 2.24) is 10.2 Å². The van der Waals surface area contributed by atoms with Gasteiger partial charge in [0.2, 0.25) is 5.91 Å². The first-order valence-corrected chi connectivity index (χ1v) is 5.66. The maximum Gasteiger partial charge on any atom is 0.240 e. The van der Waals surface area contributed by atoms with Crippen LogP contribution in [0.5, 0.6) is 0 Å². The van der Waals surface area contributed by atoms with Crippen molar-refractivity contribution in [2.75, 3.05) is 13.1 Å². The fraction of sp³-hybridized carbons (Fsp3) is 0.909. The van der Waals surface area contributed by atoms with Gasteiger partial charge in [0.15, 0.2) is 0 Å². The van der Waals surface area contributed by atoms with Gasteiger partial charge in [-0.2, -0.15) is 0 Å². The van der Waals surface area contributed by atoms with E-state index < -0.39 is 0 Å². The lowest BCUT2D eigenvalue weighted by molar-refractivity contribution is -0.147. The van der Waals surface area contributed by atoms with E-state index in [4.69, 9.17) is 0 Å². The standard InChI is InChI=1S/C11H20N2O/c1-11(2)6-8-13(11)10(14)9-5-3-4-7-12-9/h9,12H,3-8H2,1-2H3. The Bertz CT molecular complexity index is 231. The first-order chi connectivity index (χ1) is 6.61. The molecular weight excluding hydrogens is 176 g/mol. The van der Waals surface area contributed by atoms with Gasteiger partial charge in [-0.25, -0.2) is 0 Å². The lowest BCUT2D eigenvalue weighted by Crippen LogP contribution is -2.63. The molecule has 0 bridgehead atoms. The molecule has 1 atom stereocenters. The zero-order valence-corrected chi connectivity index (χ0v) is 9.18. The molecule has 2 rings (SSSR count). The molecule has 2 aliphatic rings.